The number of imide groups is 1. The van der Waals surface area contributed by atoms with Crippen molar-refractivity contribution in [3.63, 3.8) is 0 Å². The van der Waals surface area contributed by atoms with E-state index in [4.69, 9.17) is 9.47 Å². The summed E-state index contributed by atoms with van der Waals surface area (Å²) in [4.78, 5) is 39.8. The van der Waals surface area contributed by atoms with Crippen LogP contribution in [0.25, 0.3) is 0 Å². The van der Waals surface area contributed by atoms with Gasteiger partial charge in [-0.25, -0.2) is 4.79 Å². The summed E-state index contributed by atoms with van der Waals surface area (Å²) in [6, 6.07) is 4.64. The van der Waals surface area contributed by atoms with Crippen molar-refractivity contribution < 1.29 is 23.9 Å². The zero-order valence-corrected chi connectivity index (χ0v) is 19.7. The number of anilines is 1. The van der Waals surface area contributed by atoms with Gasteiger partial charge in [-0.1, -0.05) is 34.1 Å². The van der Waals surface area contributed by atoms with Gasteiger partial charge in [0.25, 0.3) is 5.91 Å². The summed E-state index contributed by atoms with van der Waals surface area (Å²) < 4.78 is 11.0. The fraction of sp³-hybridized carbons (Fsp3) is 0.625. The van der Waals surface area contributed by atoms with Crippen LogP contribution in [0.3, 0.4) is 0 Å². The average molecular weight is 446 g/mol. The Morgan fingerprint density at radius 3 is 2.69 bits per heavy atom. The Morgan fingerprint density at radius 1 is 1.28 bits per heavy atom. The summed E-state index contributed by atoms with van der Waals surface area (Å²) in [5, 5.41) is 5.68. The molecule has 3 rings (SSSR count). The second-order valence-corrected chi connectivity index (χ2v) is 9.87. The maximum Gasteiger partial charge on any atom is 0.325 e. The molecule has 0 aromatic heterocycles. The number of carbonyl (C=O) groups is 3. The predicted octanol–water partition coefficient (Wildman–Crippen LogP) is 3.95. The highest BCUT2D eigenvalue weighted by Crippen LogP contribution is 2.46. The first-order chi connectivity index (χ1) is 15.1. The standard InChI is InChI=1S/C24H35N3O5/c1-6-7-10-32-19-9-8-17(31-5)11-18(19)25-20(28)14-27-21(29)24(26-22(27)30)13-16(2)12-23(3,4)15-24/h8-9,11,16H,6-7,10,12-15H2,1-5H3,(H,25,28)(H,26,30). The molecule has 2 fully saturated rings. The lowest BCUT2D eigenvalue weighted by Crippen LogP contribution is -2.54. The van der Waals surface area contributed by atoms with Gasteiger partial charge in [0.1, 0.15) is 23.6 Å². The number of nitrogens with zero attached hydrogens (tertiary/aromatic N) is 1. The Labute approximate surface area is 190 Å². The van der Waals surface area contributed by atoms with Crippen molar-refractivity contribution in [2.75, 3.05) is 25.6 Å². The zero-order chi connectivity index (χ0) is 23.5. The molecule has 1 saturated carbocycles. The normalized spacial score (nSPS) is 24.4. The first-order valence-electron chi connectivity index (χ1n) is 11.3. The highest BCUT2D eigenvalue weighted by molar-refractivity contribution is 6.10. The van der Waals surface area contributed by atoms with E-state index in [1.54, 1.807) is 18.2 Å². The minimum atomic E-state index is -0.928. The van der Waals surface area contributed by atoms with E-state index in [1.807, 2.05) is 0 Å². The molecule has 32 heavy (non-hydrogen) atoms. The Bertz CT molecular complexity index is 884. The molecule has 1 saturated heterocycles. The van der Waals surface area contributed by atoms with Crippen LogP contribution in [0, 0.1) is 11.3 Å². The second-order valence-electron chi connectivity index (χ2n) is 9.87. The number of benzene rings is 1. The molecule has 4 amide bonds. The van der Waals surface area contributed by atoms with Gasteiger partial charge in [-0.05, 0) is 49.1 Å². The van der Waals surface area contributed by atoms with Crippen molar-refractivity contribution in [1.29, 1.82) is 0 Å². The monoisotopic (exact) mass is 445 g/mol. The van der Waals surface area contributed by atoms with Crippen molar-refractivity contribution in [3.8, 4) is 11.5 Å². The number of methoxy groups -OCH3 is 1. The van der Waals surface area contributed by atoms with Gasteiger partial charge >= 0.3 is 6.03 Å². The lowest BCUT2D eigenvalue weighted by atomic mass is 9.64. The molecule has 1 aliphatic heterocycles. The average Bonchev–Trinajstić information content (AvgIpc) is 2.90. The van der Waals surface area contributed by atoms with E-state index in [9.17, 15) is 14.4 Å². The molecule has 0 bridgehead atoms. The third kappa shape index (κ3) is 5.16. The number of ether oxygens (including phenoxy) is 2. The fourth-order valence-corrected chi connectivity index (χ4v) is 5.17. The summed E-state index contributed by atoms with van der Waals surface area (Å²) in [5.74, 6) is 0.598. The van der Waals surface area contributed by atoms with E-state index in [0.29, 0.717) is 42.6 Å². The number of hydrogen-bond donors (Lipinski definition) is 2. The number of nitrogens with one attached hydrogen (secondary N) is 2. The second kappa shape index (κ2) is 9.38. The summed E-state index contributed by atoms with van der Waals surface area (Å²) in [7, 11) is 1.54. The van der Waals surface area contributed by atoms with Crippen LogP contribution in [0.5, 0.6) is 11.5 Å². The molecule has 1 aromatic rings. The zero-order valence-electron chi connectivity index (χ0n) is 19.7. The molecular formula is C24H35N3O5. The number of carbonyl (C=O) groups excluding carboxylic acids is 3. The molecule has 1 spiro atoms. The molecule has 0 radical (unpaired) electrons. The summed E-state index contributed by atoms with van der Waals surface area (Å²) in [5.41, 5.74) is -0.549. The van der Waals surface area contributed by atoms with E-state index < -0.39 is 17.5 Å². The molecule has 176 valence electrons. The van der Waals surface area contributed by atoms with Crippen LogP contribution in [-0.4, -0.2) is 48.5 Å². The molecule has 2 unspecified atom stereocenters. The van der Waals surface area contributed by atoms with Crippen LogP contribution in [0.15, 0.2) is 18.2 Å². The van der Waals surface area contributed by atoms with Gasteiger partial charge in [-0.15, -0.1) is 0 Å². The van der Waals surface area contributed by atoms with E-state index in [-0.39, 0.29) is 17.9 Å². The Kier molecular flexibility index (Phi) is 7.00. The number of amides is 4. The number of rotatable bonds is 8. The van der Waals surface area contributed by atoms with Crippen molar-refractivity contribution in [3.05, 3.63) is 18.2 Å². The maximum atomic E-state index is 13.3. The van der Waals surface area contributed by atoms with Crippen LogP contribution >= 0.6 is 0 Å². The lowest BCUT2D eigenvalue weighted by Gasteiger charge is -2.43. The Morgan fingerprint density at radius 2 is 2.03 bits per heavy atom. The fourth-order valence-electron chi connectivity index (χ4n) is 5.17. The highest BCUT2D eigenvalue weighted by atomic mass is 16.5. The van der Waals surface area contributed by atoms with Gasteiger partial charge in [0.15, 0.2) is 0 Å². The minimum Gasteiger partial charge on any atom is -0.497 e. The Balaban J connectivity index is 1.72. The predicted molar refractivity (Wildman–Crippen MR) is 122 cm³/mol. The lowest BCUT2D eigenvalue weighted by molar-refractivity contribution is -0.136. The number of unbranched alkanes of at least 4 members (excludes halogenated alkanes) is 1. The van der Waals surface area contributed by atoms with Crippen molar-refractivity contribution >= 4 is 23.5 Å². The molecule has 8 heteroatoms. The quantitative estimate of drug-likeness (QED) is 0.466. The van der Waals surface area contributed by atoms with Crippen LogP contribution in [0.4, 0.5) is 10.5 Å². The van der Waals surface area contributed by atoms with Gasteiger partial charge < -0.3 is 20.1 Å². The number of hydrogen-bond acceptors (Lipinski definition) is 5. The third-order valence-corrected chi connectivity index (χ3v) is 6.14. The number of urea groups is 1. The first kappa shape index (κ1) is 23.9. The molecule has 2 aliphatic rings. The maximum absolute atomic E-state index is 13.3. The summed E-state index contributed by atoms with van der Waals surface area (Å²) in [6.07, 6.45) is 4.03. The molecular weight excluding hydrogens is 410 g/mol. The van der Waals surface area contributed by atoms with E-state index in [0.717, 1.165) is 24.2 Å². The van der Waals surface area contributed by atoms with Crippen LogP contribution in [0.2, 0.25) is 0 Å². The van der Waals surface area contributed by atoms with Crippen molar-refractivity contribution in [2.24, 2.45) is 11.3 Å². The molecule has 2 N–H and O–H groups in total. The van der Waals surface area contributed by atoms with Gasteiger partial charge in [0.05, 0.1) is 19.4 Å². The van der Waals surface area contributed by atoms with E-state index >= 15 is 0 Å². The third-order valence-electron chi connectivity index (χ3n) is 6.14. The topological polar surface area (TPSA) is 97.0 Å². The summed E-state index contributed by atoms with van der Waals surface area (Å²) >= 11 is 0. The first-order valence-corrected chi connectivity index (χ1v) is 11.3. The van der Waals surface area contributed by atoms with Crippen LogP contribution < -0.4 is 20.1 Å². The molecule has 8 nitrogen and oxygen atoms in total. The molecule has 2 atom stereocenters. The van der Waals surface area contributed by atoms with Crippen LogP contribution in [-0.2, 0) is 9.59 Å². The van der Waals surface area contributed by atoms with Crippen LogP contribution in [0.1, 0.15) is 59.8 Å². The van der Waals surface area contributed by atoms with E-state index in [2.05, 4.69) is 38.3 Å². The van der Waals surface area contributed by atoms with Gasteiger partial charge in [0, 0.05) is 6.07 Å². The summed E-state index contributed by atoms with van der Waals surface area (Å²) in [6.45, 7) is 8.56. The van der Waals surface area contributed by atoms with Crippen molar-refractivity contribution in [1.82, 2.24) is 10.2 Å². The van der Waals surface area contributed by atoms with E-state index in [1.165, 1.54) is 7.11 Å². The van der Waals surface area contributed by atoms with Gasteiger partial charge in [0.2, 0.25) is 5.91 Å². The molecule has 1 heterocycles. The van der Waals surface area contributed by atoms with Gasteiger partial charge in [-0.3, -0.25) is 14.5 Å². The minimum absolute atomic E-state index is 0.0653. The SMILES string of the molecule is CCCCOc1ccc(OC)cc1NC(=O)CN1C(=O)NC2(CC(C)CC(C)(C)C2)C1=O. The molecule has 1 aliphatic carbocycles. The molecule has 1 aromatic carbocycles. The largest absolute Gasteiger partial charge is 0.497 e. The van der Waals surface area contributed by atoms with Crippen molar-refractivity contribution in [2.45, 2.75) is 65.3 Å². The van der Waals surface area contributed by atoms with Gasteiger partial charge in [-0.2, -0.15) is 0 Å². The highest BCUT2D eigenvalue weighted by Gasteiger charge is 2.56. The smallest absolute Gasteiger partial charge is 0.325 e. The Hall–Kier alpha value is -2.77.